The normalized spacial score (nSPS) is 12.0. The van der Waals surface area contributed by atoms with Crippen LogP contribution >= 0.6 is 0 Å². The predicted molar refractivity (Wildman–Crippen MR) is 78.2 cm³/mol. The van der Waals surface area contributed by atoms with E-state index in [1.807, 2.05) is 21.0 Å². The third-order valence-corrected chi connectivity index (χ3v) is 4.61. The Hall–Kier alpha value is -1.64. The first kappa shape index (κ1) is 15.7. The number of hydrogen-bond donors (Lipinski definition) is 2. The van der Waals surface area contributed by atoms with Crippen LogP contribution in [0.5, 0.6) is 0 Å². The molecule has 0 saturated heterocycles. The molecule has 2 aromatic heterocycles. The molecule has 0 aliphatic rings. The van der Waals surface area contributed by atoms with Crippen molar-refractivity contribution in [3.8, 4) is 0 Å². The van der Waals surface area contributed by atoms with Crippen LogP contribution in [0.3, 0.4) is 0 Å². The van der Waals surface area contributed by atoms with E-state index in [1.165, 1.54) is 0 Å². The molecule has 0 amide bonds. The number of oxazole rings is 1. The molecule has 0 radical (unpaired) electrons. The van der Waals surface area contributed by atoms with Crippen molar-refractivity contribution in [2.75, 3.05) is 7.05 Å². The second-order valence-corrected chi connectivity index (χ2v) is 6.65. The van der Waals surface area contributed by atoms with Gasteiger partial charge in [-0.25, -0.2) is 18.1 Å². The number of rotatable bonds is 6. The van der Waals surface area contributed by atoms with E-state index < -0.39 is 10.0 Å². The van der Waals surface area contributed by atoms with Gasteiger partial charge in [0.05, 0.1) is 17.1 Å². The first-order chi connectivity index (χ1) is 9.83. The van der Waals surface area contributed by atoms with E-state index in [1.54, 1.807) is 23.8 Å². The lowest BCUT2D eigenvalue weighted by atomic mass is 10.4. The average molecular weight is 312 g/mol. The summed E-state index contributed by atoms with van der Waals surface area (Å²) < 4.78 is 34.1. The maximum absolute atomic E-state index is 12.3. The first-order valence-corrected chi connectivity index (χ1v) is 8.04. The van der Waals surface area contributed by atoms with Gasteiger partial charge in [-0.2, -0.15) is 0 Å². The van der Waals surface area contributed by atoms with E-state index in [4.69, 9.17) is 4.42 Å². The highest BCUT2D eigenvalue weighted by molar-refractivity contribution is 7.89. The van der Waals surface area contributed by atoms with Crippen molar-refractivity contribution in [3.05, 3.63) is 35.3 Å². The smallest absolute Gasteiger partial charge is 0.242 e. The van der Waals surface area contributed by atoms with Gasteiger partial charge in [0.2, 0.25) is 15.9 Å². The van der Waals surface area contributed by atoms with Crippen LogP contribution in [0.4, 0.5) is 0 Å². The van der Waals surface area contributed by atoms with Gasteiger partial charge in [-0.1, -0.05) is 0 Å². The summed E-state index contributed by atoms with van der Waals surface area (Å²) in [6, 6.07) is 1.64. The molecule has 0 aromatic carbocycles. The van der Waals surface area contributed by atoms with Crippen LogP contribution in [0.2, 0.25) is 0 Å². The molecule has 0 unspecified atom stereocenters. The minimum Gasteiger partial charge on any atom is -0.444 e. The number of nitrogens with one attached hydrogen (secondary N) is 2. The maximum Gasteiger partial charge on any atom is 0.242 e. The monoisotopic (exact) mass is 312 g/mol. The third-order valence-electron chi connectivity index (χ3n) is 3.24. The first-order valence-electron chi connectivity index (χ1n) is 6.56. The van der Waals surface area contributed by atoms with Crippen LogP contribution in [0.1, 0.15) is 23.0 Å². The molecule has 0 spiro atoms. The largest absolute Gasteiger partial charge is 0.444 e. The third kappa shape index (κ3) is 3.52. The van der Waals surface area contributed by atoms with Gasteiger partial charge in [0, 0.05) is 25.5 Å². The molecule has 7 nitrogen and oxygen atoms in total. The number of hydrogen-bond acceptors (Lipinski definition) is 5. The summed E-state index contributed by atoms with van der Waals surface area (Å²) in [5, 5.41) is 3.00. The van der Waals surface area contributed by atoms with Crippen molar-refractivity contribution in [3.63, 3.8) is 0 Å². The fourth-order valence-corrected chi connectivity index (χ4v) is 3.00. The minimum absolute atomic E-state index is 0.0350. The van der Waals surface area contributed by atoms with Crippen LogP contribution in [0.15, 0.2) is 21.6 Å². The van der Waals surface area contributed by atoms with Crippen molar-refractivity contribution < 1.29 is 12.8 Å². The van der Waals surface area contributed by atoms with Crippen molar-refractivity contribution in [1.29, 1.82) is 0 Å². The molecule has 0 saturated carbocycles. The molecule has 0 bridgehead atoms. The second kappa shape index (κ2) is 6.00. The summed E-state index contributed by atoms with van der Waals surface area (Å²) in [6.07, 6.45) is 1.58. The van der Waals surface area contributed by atoms with E-state index >= 15 is 0 Å². The molecule has 2 aromatic rings. The molecular formula is C13H20N4O3S. The predicted octanol–water partition coefficient (Wildman–Crippen LogP) is 0.828. The fraction of sp³-hybridized carbons (Fsp3) is 0.462. The Kier molecular flexibility index (Phi) is 4.50. The zero-order valence-electron chi connectivity index (χ0n) is 12.6. The van der Waals surface area contributed by atoms with Gasteiger partial charge in [-0.3, -0.25) is 0 Å². The van der Waals surface area contributed by atoms with Crippen LogP contribution < -0.4 is 10.0 Å². The quantitative estimate of drug-likeness (QED) is 0.824. The average Bonchev–Trinajstić information content (AvgIpc) is 2.93. The lowest BCUT2D eigenvalue weighted by molar-refractivity contribution is 0.463. The van der Waals surface area contributed by atoms with Gasteiger partial charge in [0.15, 0.2) is 0 Å². The summed E-state index contributed by atoms with van der Waals surface area (Å²) >= 11 is 0. The molecule has 0 aliphatic carbocycles. The molecular weight excluding hydrogens is 292 g/mol. The minimum atomic E-state index is -3.58. The zero-order valence-corrected chi connectivity index (χ0v) is 13.4. The highest BCUT2D eigenvalue weighted by Gasteiger charge is 2.18. The zero-order chi connectivity index (χ0) is 15.6. The Morgan fingerprint density at radius 2 is 2.05 bits per heavy atom. The molecule has 0 aliphatic heterocycles. The van der Waals surface area contributed by atoms with E-state index in [0.29, 0.717) is 18.2 Å². The topological polar surface area (TPSA) is 89.2 Å². The molecule has 0 fully saturated rings. The van der Waals surface area contributed by atoms with Gasteiger partial charge in [-0.05, 0) is 27.0 Å². The molecule has 0 atom stereocenters. The van der Waals surface area contributed by atoms with Gasteiger partial charge in [0.25, 0.3) is 0 Å². The number of nitrogens with zero attached hydrogens (tertiary/aromatic N) is 2. The summed E-state index contributed by atoms with van der Waals surface area (Å²) in [7, 11) is 0.0435. The second-order valence-electron chi connectivity index (χ2n) is 4.88. The van der Waals surface area contributed by atoms with Gasteiger partial charge >= 0.3 is 0 Å². The number of aromatic nitrogens is 2. The van der Waals surface area contributed by atoms with Crippen molar-refractivity contribution in [1.82, 2.24) is 19.6 Å². The molecule has 8 heteroatoms. The maximum atomic E-state index is 12.3. The molecule has 2 rings (SSSR count). The van der Waals surface area contributed by atoms with E-state index in [2.05, 4.69) is 15.0 Å². The number of aryl methyl sites for hydroxylation is 3. The Balaban J connectivity index is 2.12. The Bertz CT molecular complexity index is 711. The van der Waals surface area contributed by atoms with Crippen molar-refractivity contribution in [2.24, 2.45) is 7.05 Å². The highest BCUT2D eigenvalue weighted by atomic mass is 32.2. The van der Waals surface area contributed by atoms with Crippen LogP contribution in [0, 0.1) is 13.8 Å². The molecule has 2 heterocycles. The van der Waals surface area contributed by atoms with E-state index in [-0.39, 0.29) is 11.4 Å². The van der Waals surface area contributed by atoms with Crippen LogP contribution in [-0.4, -0.2) is 25.0 Å². The summed E-state index contributed by atoms with van der Waals surface area (Å²) in [4.78, 5) is 4.38. The van der Waals surface area contributed by atoms with Crippen molar-refractivity contribution >= 4 is 10.0 Å². The molecule has 116 valence electrons. The lowest BCUT2D eigenvalue weighted by Crippen LogP contribution is -2.23. The molecule has 21 heavy (non-hydrogen) atoms. The van der Waals surface area contributed by atoms with Crippen molar-refractivity contribution in [2.45, 2.75) is 31.8 Å². The number of sulfonamides is 1. The van der Waals surface area contributed by atoms with E-state index in [0.717, 1.165) is 11.4 Å². The van der Waals surface area contributed by atoms with Gasteiger partial charge < -0.3 is 14.3 Å². The van der Waals surface area contributed by atoms with Crippen LogP contribution in [0.25, 0.3) is 0 Å². The fourth-order valence-electron chi connectivity index (χ4n) is 1.94. The van der Waals surface area contributed by atoms with Crippen LogP contribution in [-0.2, 0) is 30.2 Å². The Morgan fingerprint density at radius 3 is 2.62 bits per heavy atom. The van der Waals surface area contributed by atoms with E-state index in [9.17, 15) is 8.42 Å². The Labute approximate surface area is 124 Å². The highest BCUT2D eigenvalue weighted by Crippen LogP contribution is 2.14. The Morgan fingerprint density at radius 1 is 1.33 bits per heavy atom. The van der Waals surface area contributed by atoms with Gasteiger partial charge in [-0.15, -0.1) is 0 Å². The van der Waals surface area contributed by atoms with Gasteiger partial charge in [0.1, 0.15) is 5.76 Å². The summed E-state index contributed by atoms with van der Waals surface area (Å²) in [5.74, 6) is 1.06. The standard InChI is InChI=1S/C13H20N4O3S/c1-9-10(2)20-13(16-9)7-15-21(18,19)12-5-11(6-14-3)17(4)8-12/h5,8,14-15H,6-7H2,1-4H3. The summed E-state index contributed by atoms with van der Waals surface area (Å²) in [5.41, 5.74) is 1.65. The summed E-state index contributed by atoms with van der Waals surface area (Å²) in [6.45, 7) is 4.25. The molecule has 2 N–H and O–H groups in total. The lowest BCUT2D eigenvalue weighted by Gasteiger charge is -2.01. The SMILES string of the molecule is CNCc1cc(S(=O)(=O)NCc2nc(C)c(C)o2)cn1C.